The molecular formula is C21H13ClFN3O2S. The molecule has 0 aliphatic heterocycles. The van der Waals surface area contributed by atoms with Crippen LogP contribution < -0.4 is 10.6 Å². The van der Waals surface area contributed by atoms with Crippen LogP contribution in [0.1, 0.15) is 10.4 Å². The number of halogens is 2. The largest absolute Gasteiger partial charge is 0.436 e. The van der Waals surface area contributed by atoms with E-state index < -0.39 is 0 Å². The fourth-order valence-electron chi connectivity index (χ4n) is 2.66. The minimum Gasteiger partial charge on any atom is -0.436 e. The van der Waals surface area contributed by atoms with Crippen molar-refractivity contribution in [3.8, 4) is 11.5 Å². The van der Waals surface area contributed by atoms with Gasteiger partial charge >= 0.3 is 0 Å². The van der Waals surface area contributed by atoms with Crippen LogP contribution in [0.25, 0.3) is 22.6 Å². The Hall–Kier alpha value is -3.29. The molecule has 2 N–H and O–H groups in total. The van der Waals surface area contributed by atoms with Gasteiger partial charge in [0.05, 0.1) is 0 Å². The minimum atomic E-state index is -0.347. The number of hydrogen-bond donors (Lipinski definition) is 2. The van der Waals surface area contributed by atoms with Gasteiger partial charge in [0.15, 0.2) is 10.7 Å². The van der Waals surface area contributed by atoms with Crippen LogP contribution in [0.3, 0.4) is 0 Å². The number of aromatic nitrogens is 1. The molecule has 3 aromatic carbocycles. The maximum absolute atomic E-state index is 13.1. The average Bonchev–Trinajstić information content (AvgIpc) is 3.12. The van der Waals surface area contributed by atoms with Crippen LogP contribution in [-0.2, 0) is 0 Å². The lowest BCUT2D eigenvalue weighted by Crippen LogP contribution is -2.34. The highest BCUT2D eigenvalue weighted by Crippen LogP contribution is 2.26. The first kappa shape index (κ1) is 19.0. The number of hydrogen-bond acceptors (Lipinski definition) is 4. The molecule has 144 valence electrons. The highest BCUT2D eigenvalue weighted by molar-refractivity contribution is 7.80. The van der Waals surface area contributed by atoms with Gasteiger partial charge in [-0.05, 0) is 78.9 Å². The lowest BCUT2D eigenvalue weighted by molar-refractivity contribution is 0.0977. The van der Waals surface area contributed by atoms with E-state index in [0.29, 0.717) is 38.8 Å². The fourth-order valence-corrected chi connectivity index (χ4v) is 3.00. The Morgan fingerprint density at radius 3 is 2.48 bits per heavy atom. The number of fused-ring (bicyclic) bond motifs is 1. The van der Waals surface area contributed by atoms with Crippen LogP contribution in [0.15, 0.2) is 71.1 Å². The van der Waals surface area contributed by atoms with Crippen molar-refractivity contribution in [3.05, 3.63) is 83.1 Å². The highest BCUT2D eigenvalue weighted by Gasteiger charge is 2.11. The molecule has 1 heterocycles. The standard InChI is InChI=1S/C21H13ClFN3O2S/c22-14-5-1-12(2-6-14)19(27)26-21(29)24-16-9-10-18-17(11-16)25-20(28-18)13-3-7-15(23)8-4-13/h1-11H,(H2,24,26,27,29). The third-order valence-corrected chi connectivity index (χ3v) is 4.53. The first-order chi connectivity index (χ1) is 14.0. The van der Waals surface area contributed by atoms with Crippen molar-refractivity contribution in [2.24, 2.45) is 0 Å². The van der Waals surface area contributed by atoms with E-state index in [-0.39, 0.29) is 16.8 Å². The van der Waals surface area contributed by atoms with Crippen molar-refractivity contribution in [1.82, 2.24) is 10.3 Å². The quantitative estimate of drug-likeness (QED) is 0.429. The molecule has 4 rings (SSSR count). The second-order valence-electron chi connectivity index (χ2n) is 6.12. The van der Waals surface area contributed by atoms with Gasteiger partial charge in [-0.15, -0.1) is 0 Å². The summed E-state index contributed by atoms with van der Waals surface area (Å²) in [5.74, 6) is -0.290. The molecule has 0 saturated heterocycles. The number of benzene rings is 3. The predicted octanol–water partition coefficient (Wildman–Crippen LogP) is 5.41. The number of oxazole rings is 1. The summed E-state index contributed by atoms with van der Waals surface area (Å²) in [5, 5.41) is 6.24. The van der Waals surface area contributed by atoms with Crippen molar-refractivity contribution in [2.45, 2.75) is 0 Å². The first-order valence-corrected chi connectivity index (χ1v) is 9.31. The lowest BCUT2D eigenvalue weighted by Gasteiger charge is -2.09. The molecule has 0 aliphatic rings. The van der Waals surface area contributed by atoms with Crippen LogP contribution in [-0.4, -0.2) is 16.0 Å². The van der Waals surface area contributed by atoms with Crippen LogP contribution >= 0.6 is 23.8 Å². The van der Waals surface area contributed by atoms with Crippen LogP contribution in [0.5, 0.6) is 0 Å². The first-order valence-electron chi connectivity index (χ1n) is 8.52. The van der Waals surface area contributed by atoms with Crippen molar-refractivity contribution in [2.75, 3.05) is 5.32 Å². The molecule has 0 atom stereocenters. The van der Waals surface area contributed by atoms with E-state index in [2.05, 4.69) is 15.6 Å². The van der Waals surface area contributed by atoms with Gasteiger partial charge in [-0.1, -0.05) is 11.6 Å². The Bertz CT molecular complexity index is 1210. The van der Waals surface area contributed by atoms with Gasteiger partial charge in [-0.3, -0.25) is 10.1 Å². The summed E-state index contributed by atoms with van der Waals surface area (Å²) in [6.45, 7) is 0. The number of carbonyl (C=O) groups excluding carboxylic acids is 1. The van der Waals surface area contributed by atoms with Gasteiger partial charge in [0.25, 0.3) is 5.91 Å². The highest BCUT2D eigenvalue weighted by atomic mass is 35.5. The molecule has 0 unspecified atom stereocenters. The minimum absolute atomic E-state index is 0.145. The van der Waals surface area contributed by atoms with Crippen LogP contribution in [0.2, 0.25) is 5.02 Å². The van der Waals surface area contributed by atoms with Crippen LogP contribution in [0, 0.1) is 5.82 Å². The molecular weight excluding hydrogens is 413 g/mol. The van der Waals surface area contributed by atoms with Gasteiger partial charge in [0.1, 0.15) is 11.3 Å². The Morgan fingerprint density at radius 1 is 1.03 bits per heavy atom. The summed E-state index contributed by atoms with van der Waals surface area (Å²) in [6.07, 6.45) is 0. The number of anilines is 1. The Kier molecular flexibility index (Phi) is 5.24. The number of carbonyl (C=O) groups is 1. The van der Waals surface area contributed by atoms with Crippen molar-refractivity contribution >= 4 is 51.6 Å². The normalized spacial score (nSPS) is 10.7. The summed E-state index contributed by atoms with van der Waals surface area (Å²) in [4.78, 5) is 16.6. The maximum Gasteiger partial charge on any atom is 0.257 e. The number of thiocarbonyl (C=S) groups is 1. The van der Waals surface area contributed by atoms with Crippen molar-refractivity contribution in [3.63, 3.8) is 0 Å². The Balaban J connectivity index is 1.47. The summed E-state index contributed by atoms with van der Waals surface area (Å²) in [5.41, 5.74) is 2.92. The Morgan fingerprint density at radius 2 is 1.76 bits per heavy atom. The summed E-state index contributed by atoms with van der Waals surface area (Å²) in [7, 11) is 0. The zero-order valence-corrected chi connectivity index (χ0v) is 16.4. The topological polar surface area (TPSA) is 67.2 Å². The molecule has 0 fully saturated rings. The summed E-state index contributed by atoms with van der Waals surface area (Å²) >= 11 is 11.0. The van der Waals surface area contributed by atoms with Gasteiger partial charge in [-0.25, -0.2) is 9.37 Å². The predicted molar refractivity (Wildman–Crippen MR) is 115 cm³/mol. The number of amides is 1. The monoisotopic (exact) mass is 425 g/mol. The molecule has 0 aliphatic carbocycles. The van der Waals surface area contributed by atoms with Crippen molar-refractivity contribution in [1.29, 1.82) is 0 Å². The van der Waals surface area contributed by atoms with E-state index in [1.165, 1.54) is 12.1 Å². The SMILES string of the molecule is O=C(NC(=S)Nc1ccc2oc(-c3ccc(F)cc3)nc2c1)c1ccc(Cl)cc1. The van der Waals surface area contributed by atoms with E-state index in [9.17, 15) is 9.18 Å². The molecule has 5 nitrogen and oxygen atoms in total. The van der Waals surface area contributed by atoms with E-state index in [1.54, 1.807) is 54.6 Å². The maximum atomic E-state index is 13.1. The fraction of sp³-hybridized carbons (Fsp3) is 0. The third kappa shape index (κ3) is 4.42. The molecule has 0 spiro atoms. The zero-order valence-electron chi connectivity index (χ0n) is 14.8. The second-order valence-corrected chi connectivity index (χ2v) is 6.97. The number of nitrogens with zero attached hydrogens (tertiary/aromatic N) is 1. The van der Waals surface area contributed by atoms with Gasteiger partial charge in [0.2, 0.25) is 5.89 Å². The molecule has 1 amide bonds. The Labute approximate surface area is 175 Å². The summed E-state index contributed by atoms with van der Waals surface area (Å²) < 4.78 is 18.8. The molecule has 29 heavy (non-hydrogen) atoms. The second kappa shape index (κ2) is 7.98. The smallest absolute Gasteiger partial charge is 0.257 e. The van der Waals surface area contributed by atoms with E-state index >= 15 is 0 Å². The molecule has 0 radical (unpaired) electrons. The molecule has 1 aromatic heterocycles. The molecule has 4 aromatic rings. The third-order valence-electron chi connectivity index (χ3n) is 4.07. The van der Waals surface area contributed by atoms with Gasteiger partial charge in [0, 0.05) is 21.8 Å². The van der Waals surface area contributed by atoms with E-state index in [0.717, 1.165) is 0 Å². The van der Waals surface area contributed by atoms with Gasteiger partial charge < -0.3 is 9.73 Å². The van der Waals surface area contributed by atoms with Gasteiger partial charge in [-0.2, -0.15) is 0 Å². The zero-order chi connectivity index (χ0) is 20.4. The molecule has 0 saturated carbocycles. The average molecular weight is 426 g/mol. The van der Waals surface area contributed by atoms with Crippen LogP contribution in [0.4, 0.5) is 10.1 Å². The van der Waals surface area contributed by atoms with E-state index in [4.69, 9.17) is 28.2 Å². The lowest BCUT2D eigenvalue weighted by atomic mass is 10.2. The summed E-state index contributed by atoms with van der Waals surface area (Å²) in [6, 6.07) is 17.6. The van der Waals surface area contributed by atoms with E-state index in [1.807, 2.05) is 0 Å². The molecule has 0 bridgehead atoms. The molecule has 8 heteroatoms. The van der Waals surface area contributed by atoms with Crippen molar-refractivity contribution < 1.29 is 13.6 Å². The number of rotatable bonds is 3. The number of nitrogens with one attached hydrogen (secondary N) is 2.